The molecule has 3 aromatic rings. The molecule has 0 aliphatic heterocycles. The van der Waals surface area contributed by atoms with Crippen LogP contribution >= 0.6 is 35.0 Å². The molecule has 1 aromatic carbocycles. The Morgan fingerprint density at radius 3 is 2.73 bits per heavy atom. The van der Waals surface area contributed by atoms with Crippen molar-refractivity contribution in [2.75, 3.05) is 12.4 Å². The monoisotopic (exact) mass is 470 g/mol. The summed E-state index contributed by atoms with van der Waals surface area (Å²) >= 11 is 13.1. The van der Waals surface area contributed by atoms with E-state index in [2.05, 4.69) is 9.97 Å². The second kappa shape index (κ2) is 9.74. The fourth-order valence-electron chi connectivity index (χ4n) is 2.71. The lowest BCUT2D eigenvalue weighted by atomic mass is 10.3. The minimum absolute atomic E-state index is 0.00419. The number of aromatic amines is 1. The SMILES string of the molecule is C/C(Cl)=C\CSc1nc2c(c(=O)[nH]c(=O)n2C)n1C[C@@H](O)COc1ccc(Cl)cc1. The van der Waals surface area contributed by atoms with Gasteiger partial charge in [-0.1, -0.05) is 41.0 Å². The van der Waals surface area contributed by atoms with Crippen molar-refractivity contribution in [2.24, 2.45) is 7.05 Å². The van der Waals surface area contributed by atoms with Crippen molar-refractivity contribution in [3.63, 3.8) is 0 Å². The van der Waals surface area contributed by atoms with Crippen LogP contribution in [0, 0.1) is 0 Å². The van der Waals surface area contributed by atoms with E-state index in [0.717, 1.165) is 0 Å². The van der Waals surface area contributed by atoms with E-state index < -0.39 is 17.4 Å². The summed E-state index contributed by atoms with van der Waals surface area (Å²) in [5, 5.41) is 12.2. The second-order valence-corrected chi connectivity index (χ2v) is 8.54. The summed E-state index contributed by atoms with van der Waals surface area (Å²) in [5.41, 5.74) is -0.681. The quantitative estimate of drug-likeness (QED) is 0.490. The molecule has 1 atom stereocenters. The van der Waals surface area contributed by atoms with Crippen LogP contribution in [0.3, 0.4) is 0 Å². The highest BCUT2D eigenvalue weighted by atomic mass is 35.5. The molecule has 0 radical (unpaired) electrons. The highest BCUT2D eigenvalue weighted by molar-refractivity contribution is 7.99. The van der Waals surface area contributed by atoms with Crippen LogP contribution in [-0.2, 0) is 13.6 Å². The molecule has 8 nitrogen and oxygen atoms in total. The van der Waals surface area contributed by atoms with Gasteiger partial charge >= 0.3 is 5.69 Å². The van der Waals surface area contributed by atoms with Gasteiger partial charge in [0.25, 0.3) is 5.56 Å². The molecule has 30 heavy (non-hydrogen) atoms. The van der Waals surface area contributed by atoms with Crippen molar-refractivity contribution in [3.05, 3.63) is 61.2 Å². The van der Waals surface area contributed by atoms with Gasteiger partial charge in [-0.3, -0.25) is 14.3 Å². The fourth-order valence-corrected chi connectivity index (χ4v) is 3.96. The van der Waals surface area contributed by atoms with Gasteiger partial charge in [-0.25, -0.2) is 9.78 Å². The van der Waals surface area contributed by atoms with E-state index in [4.69, 9.17) is 27.9 Å². The van der Waals surface area contributed by atoms with Crippen molar-refractivity contribution in [1.29, 1.82) is 0 Å². The van der Waals surface area contributed by atoms with Crippen LogP contribution in [-0.4, -0.2) is 42.7 Å². The number of allylic oxidation sites excluding steroid dienone is 1. The zero-order valence-electron chi connectivity index (χ0n) is 16.3. The number of imidazole rings is 1. The smallest absolute Gasteiger partial charge is 0.329 e. The Kier molecular flexibility index (Phi) is 7.30. The lowest BCUT2D eigenvalue weighted by Crippen LogP contribution is -2.30. The van der Waals surface area contributed by atoms with Gasteiger partial charge in [-0.2, -0.15) is 0 Å². The number of fused-ring (bicyclic) bond motifs is 1. The molecule has 0 saturated carbocycles. The molecule has 160 valence electrons. The van der Waals surface area contributed by atoms with Gasteiger partial charge in [0, 0.05) is 22.9 Å². The molecule has 0 bridgehead atoms. The number of aliphatic hydroxyl groups excluding tert-OH is 1. The standard InChI is InChI=1S/C19H20Cl2N4O4S/c1-11(20)7-8-30-19-22-16-15(17(27)23-18(28)24(16)2)25(19)9-13(26)10-29-14-5-3-12(21)4-6-14/h3-7,13,26H,8-10H2,1-2H3,(H,23,27,28)/b11-7+/t13-/m1/s1. The van der Waals surface area contributed by atoms with Crippen LogP contribution in [0.4, 0.5) is 0 Å². The van der Waals surface area contributed by atoms with E-state index in [-0.39, 0.29) is 24.3 Å². The second-order valence-electron chi connectivity index (χ2n) is 6.52. The molecule has 2 heterocycles. The summed E-state index contributed by atoms with van der Waals surface area (Å²) in [6, 6.07) is 6.77. The van der Waals surface area contributed by atoms with Crippen LogP contribution in [0.25, 0.3) is 11.2 Å². The summed E-state index contributed by atoms with van der Waals surface area (Å²) in [6.45, 7) is 1.81. The lowest BCUT2D eigenvalue weighted by Gasteiger charge is -2.15. The molecule has 0 saturated heterocycles. The van der Waals surface area contributed by atoms with E-state index in [9.17, 15) is 14.7 Å². The number of halogens is 2. The largest absolute Gasteiger partial charge is 0.491 e. The number of aliphatic hydroxyl groups is 1. The third kappa shape index (κ3) is 5.28. The van der Waals surface area contributed by atoms with Crippen LogP contribution < -0.4 is 16.0 Å². The number of hydrogen-bond acceptors (Lipinski definition) is 6. The first-order valence-corrected chi connectivity index (χ1v) is 10.7. The van der Waals surface area contributed by atoms with Gasteiger partial charge in [0.15, 0.2) is 16.3 Å². The number of H-pyrrole nitrogens is 1. The van der Waals surface area contributed by atoms with E-state index in [0.29, 0.717) is 26.7 Å². The molecule has 0 amide bonds. The highest BCUT2D eigenvalue weighted by Gasteiger charge is 2.20. The third-order valence-corrected chi connectivity index (χ3v) is 5.51. The molecule has 0 unspecified atom stereocenters. The van der Waals surface area contributed by atoms with Gasteiger partial charge in [-0.05, 0) is 31.2 Å². The van der Waals surface area contributed by atoms with Crippen LogP contribution in [0.1, 0.15) is 6.92 Å². The molecular weight excluding hydrogens is 451 g/mol. The maximum absolute atomic E-state index is 12.5. The Morgan fingerprint density at radius 2 is 2.07 bits per heavy atom. The number of hydrogen-bond donors (Lipinski definition) is 2. The van der Waals surface area contributed by atoms with Crippen LogP contribution in [0.2, 0.25) is 5.02 Å². The number of thioether (sulfide) groups is 1. The van der Waals surface area contributed by atoms with Crippen molar-refractivity contribution >= 4 is 46.1 Å². The topological polar surface area (TPSA) is 102 Å². The molecule has 2 N–H and O–H groups in total. The summed E-state index contributed by atoms with van der Waals surface area (Å²) in [5.74, 6) is 1.08. The predicted octanol–water partition coefficient (Wildman–Crippen LogP) is 2.75. The maximum Gasteiger partial charge on any atom is 0.329 e. The zero-order chi connectivity index (χ0) is 21.8. The van der Waals surface area contributed by atoms with Crippen LogP contribution in [0.15, 0.2) is 50.1 Å². The minimum Gasteiger partial charge on any atom is -0.491 e. The zero-order valence-corrected chi connectivity index (χ0v) is 18.6. The molecule has 11 heteroatoms. The Hall–Kier alpha value is -2.20. The normalized spacial score (nSPS) is 13.0. The number of ether oxygens (including phenoxy) is 1. The minimum atomic E-state index is -0.931. The highest BCUT2D eigenvalue weighted by Crippen LogP contribution is 2.23. The number of nitrogens with zero attached hydrogens (tertiary/aromatic N) is 3. The molecule has 2 aromatic heterocycles. The molecule has 0 fully saturated rings. The van der Waals surface area contributed by atoms with Gasteiger partial charge in [0.1, 0.15) is 18.5 Å². The third-order valence-electron chi connectivity index (χ3n) is 4.20. The Balaban J connectivity index is 1.88. The first-order chi connectivity index (χ1) is 14.3. The van der Waals surface area contributed by atoms with E-state index in [1.165, 1.54) is 23.4 Å². The van der Waals surface area contributed by atoms with Crippen LogP contribution in [0.5, 0.6) is 5.75 Å². The fraction of sp³-hybridized carbons (Fsp3) is 0.316. The van der Waals surface area contributed by atoms with E-state index in [1.54, 1.807) is 41.8 Å². The predicted molar refractivity (Wildman–Crippen MR) is 119 cm³/mol. The number of aryl methyl sites for hydroxylation is 1. The number of nitrogens with one attached hydrogen (secondary N) is 1. The van der Waals surface area contributed by atoms with E-state index in [1.807, 2.05) is 0 Å². The molecule has 0 spiro atoms. The molecule has 0 aliphatic rings. The first-order valence-electron chi connectivity index (χ1n) is 8.97. The van der Waals surface area contributed by atoms with Gasteiger partial charge in [0.05, 0.1) is 6.54 Å². The average molecular weight is 471 g/mol. The number of rotatable bonds is 8. The molecule has 3 rings (SSSR count). The maximum atomic E-state index is 12.5. The summed E-state index contributed by atoms with van der Waals surface area (Å²) < 4.78 is 8.44. The van der Waals surface area contributed by atoms with Gasteiger partial charge in [-0.15, -0.1) is 0 Å². The average Bonchev–Trinajstić information content (AvgIpc) is 3.04. The van der Waals surface area contributed by atoms with Crippen molar-refractivity contribution in [3.8, 4) is 5.75 Å². The Bertz CT molecular complexity index is 1180. The van der Waals surface area contributed by atoms with Gasteiger partial charge in [0.2, 0.25) is 0 Å². The number of aromatic nitrogens is 4. The summed E-state index contributed by atoms with van der Waals surface area (Å²) in [6.07, 6.45) is 0.874. The molecule has 0 aliphatic carbocycles. The summed E-state index contributed by atoms with van der Waals surface area (Å²) in [7, 11) is 1.52. The number of benzene rings is 1. The van der Waals surface area contributed by atoms with Crippen molar-refractivity contribution < 1.29 is 9.84 Å². The lowest BCUT2D eigenvalue weighted by molar-refractivity contribution is 0.0914. The Labute approximate surface area is 186 Å². The first kappa shape index (κ1) is 22.5. The summed E-state index contributed by atoms with van der Waals surface area (Å²) in [4.78, 5) is 31.1. The van der Waals surface area contributed by atoms with Crippen molar-refractivity contribution in [1.82, 2.24) is 19.1 Å². The molecular formula is C19H20Cl2N4O4S. The Morgan fingerprint density at radius 1 is 1.37 bits per heavy atom. The van der Waals surface area contributed by atoms with E-state index >= 15 is 0 Å². The van der Waals surface area contributed by atoms with Crippen molar-refractivity contribution in [2.45, 2.75) is 24.7 Å². The van der Waals surface area contributed by atoms with Gasteiger partial charge < -0.3 is 14.4 Å².